The number of carbonyl (C=O) groups is 1. The standard InChI is InChI=1S/C15H34O5Si2/c1-9-13(21(11-3,17-5)18-6)15(16)14(10-2)22(12-4,19-7)20-8/h13-14H,9-12H2,1-8H3. The van der Waals surface area contributed by atoms with Crippen LogP contribution in [0.4, 0.5) is 0 Å². The van der Waals surface area contributed by atoms with Crippen molar-refractivity contribution in [1.82, 2.24) is 0 Å². The van der Waals surface area contributed by atoms with Gasteiger partial charge in [0.2, 0.25) is 0 Å². The lowest BCUT2D eigenvalue weighted by Crippen LogP contribution is -2.53. The molecule has 0 spiro atoms. The number of rotatable bonds is 12. The van der Waals surface area contributed by atoms with Crippen LogP contribution in [0.2, 0.25) is 23.2 Å². The highest BCUT2D eigenvalue weighted by Crippen LogP contribution is 2.40. The minimum atomic E-state index is -2.54. The second kappa shape index (κ2) is 9.94. The molecule has 0 aromatic rings. The van der Waals surface area contributed by atoms with E-state index in [1.807, 2.05) is 27.7 Å². The first-order chi connectivity index (χ1) is 10.4. The lowest BCUT2D eigenvalue weighted by molar-refractivity contribution is -0.120. The van der Waals surface area contributed by atoms with E-state index in [4.69, 9.17) is 17.7 Å². The molecule has 0 aliphatic rings. The van der Waals surface area contributed by atoms with Crippen molar-refractivity contribution in [3.8, 4) is 0 Å². The molecule has 0 saturated heterocycles. The number of Topliss-reactive ketones (excluding diaryl/α,β-unsaturated/α-hetero) is 1. The molecule has 0 heterocycles. The summed E-state index contributed by atoms with van der Waals surface area (Å²) in [6.07, 6.45) is 1.44. The predicted molar refractivity (Wildman–Crippen MR) is 93.6 cm³/mol. The molecular weight excluding hydrogens is 316 g/mol. The zero-order valence-corrected chi connectivity index (χ0v) is 17.5. The van der Waals surface area contributed by atoms with E-state index in [9.17, 15) is 4.79 Å². The summed E-state index contributed by atoms with van der Waals surface area (Å²) in [6.45, 7) is 8.12. The van der Waals surface area contributed by atoms with Gasteiger partial charge in [0, 0.05) is 28.4 Å². The molecule has 0 bridgehead atoms. The van der Waals surface area contributed by atoms with Gasteiger partial charge in [-0.3, -0.25) is 4.79 Å². The second-order valence-electron chi connectivity index (χ2n) is 5.47. The quantitative estimate of drug-likeness (QED) is 0.503. The van der Waals surface area contributed by atoms with Crippen molar-refractivity contribution in [2.75, 3.05) is 28.4 Å². The summed E-state index contributed by atoms with van der Waals surface area (Å²) in [4.78, 5) is 13.3. The molecule has 132 valence electrons. The van der Waals surface area contributed by atoms with Gasteiger partial charge in [-0.25, -0.2) is 0 Å². The summed E-state index contributed by atoms with van der Waals surface area (Å²) in [7, 11) is 1.55. The van der Waals surface area contributed by atoms with Gasteiger partial charge >= 0.3 is 17.1 Å². The highest BCUT2D eigenvalue weighted by Gasteiger charge is 2.53. The van der Waals surface area contributed by atoms with Crippen LogP contribution in [0.15, 0.2) is 0 Å². The Labute approximate surface area is 138 Å². The van der Waals surface area contributed by atoms with E-state index in [0.717, 1.165) is 24.9 Å². The van der Waals surface area contributed by atoms with Gasteiger partial charge < -0.3 is 17.7 Å². The van der Waals surface area contributed by atoms with Crippen molar-refractivity contribution in [3.63, 3.8) is 0 Å². The average molecular weight is 351 g/mol. The third-order valence-corrected chi connectivity index (χ3v) is 13.2. The van der Waals surface area contributed by atoms with Crippen molar-refractivity contribution in [3.05, 3.63) is 0 Å². The number of hydrogen-bond acceptors (Lipinski definition) is 5. The topological polar surface area (TPSA) is 54.0 Å². The Morgan fingerprint density at radius 3 is 1.14 bits per heavy atom. The summed E-state index contributed by atoms with van der Waals surface area (Å²) >= 11 is 0. The normalized spacial score (nSPS) is 15.6. The van der Waals surface area contributed by atoms with Gasteiger partial charge in [0.15, 0.2) is 0 Å². The first-order valence-corrected chi connectivity index (χ1v) is 12.4. The van der Waals surface area contributed by atoms with Crippen LogP contribution in [-0.2, 0) is 22.5 Å². The largest absolute Gasteiger partial charge is 0.397 e. The molecule has 0 aromatic heterocycles. The molecule has 2 unspecified atom stereocenters. The van der Waals surface area contributed by atoms with Crippen LogP contribution in [0.5, 0.6) is 0 Å². The van der Waals surface area contributed by atoms with Crippen LogP contribution in [0, 0.1) is 0 Å². The second-order valence-corrected chi connectivity index (χ2v) is 13.2. The van der Waals surface area contributed by atoms with Crippen molar-refractivity contribution >= 4 is 22.9 Å². The van der Waals surface area contributed by atoms with Crippen molar-refractivity contribution in [2.45, 2.75) is 63.7 Å². The molecular formula is C15H34O5Si2. The lowest BCUT2D eigenvalue weighted by Gasteiger charge is -2.39. The van der Waals surface area contributed by atoms with Crippen molar-refractivity contribution in [2.24, 2.45) is 0 Å². The fourth-order valence-electron chi connectivity index (χ4n) is 3.51. The molecule has 7 heteroatoms. The van der Waals surface area contributed by atoms with Crippen LogP contribution in [0.25, 0.3) is 0 Å². The van der Waals surface area contributed by atoms with Gasteiger partial charge in [-0.05, 0) is 24.9 Å². The minimum absolute atomic E-state index is 0.193. The van der Waals surface area contributed by atoms with Crippen LogP contribution >= 0.6 is 0 Å². The van der Waals surface area contributed by atoms with Gasteiger partial charge in [0.25, 0.3) is 0 Å². The smallest absolute Gasteiger partial charge is 0.348 e. The van der Waals surface area contributed by atoms with Crippen LogP contribution in [0.1, 0.15) is 40.5 Å². The molecule has 0 aliphatic heterocycles. The Bertz CT molecular complexity index is 283. The molecule has 2 atom stereocenters. The van der Waals surface area contributed by atoms with Crippen LogP contribution in [-0.4, -0.2) is 51.3 Å². The fraction of sp³-hybridized carbons (Fsp3) is 0.933. The maximum Gasteiger partial charge on any atom is 0.348 e. The van der Waals surface area contributed by atoms with Crippen LogP contribution in [0.3, 0.4) is 0 Å². The summed E-state index contributed by atoms with van der Waals surface area (Å²) in [5.41, 5.74) is -0.387. The van der Waals surface area contributed by atoms with Gasteiger partial charge in [0.1, 0.15) is 5.78 Å². The Hall–Kier alpha value is -0.0562. The average Bonchev–Trinajstić information content (AvgIpc) is 2.57. The van der Waals surface area contributed by atoms with Crippen molar-refractivity contribution in [1.29, 1.82) is 0 Å². The first kappa shape index (κ1) is 21.9. The Morgan fingerprint density at radius 1 is 0.727 bits per heavy atom. The Morgan fingerprint density at radius 2 is 1.00 bits per heavy atom. The predicted octanol–water partition coefficient (Wildman–Crippen LogP) is 3.63. The summed E-state index contributed by atoms with van der Waals surface area (Å²) in [5, 5.41) is 0. The van der Waals surface area contributed by atoms with Gasteiger partial charge in [-0.1, -0.05) is 27.7 Å². The van der Waals surface area contributed by atoms with E-state index >= 15 is 0 Å². The third kappa shape index (κ3) is 4.07. The van der Waals surface area contributed by atoms with E-state index in [0.29, 0.717) is 0 Å². The number of carbonyl (C=O) groups excluding carboxylic acids is 1. The zero-order valence-electron chi connectivity index (χ0n) is 15.5. The summed E-state index contributed by atoms with van der Waals surface area (Å²) in [6, 6.07) is 1.50. The number of ketones is 1. The fourth-order valence-corrected chi connectivity index (χ4v) is 9.80. The zero-order chi connectivity index (χ0) is 17.4. The highest BCUT2D eigenvalue weighted by atomic mass is 28.4. The first-order valence-electron chi connectivity index (χ1n) is 8.16. The minimum Gasteiger partial charge on any atom is -0.397 e. The molecule has 0 N–H and O–H groups in total. The van der Waals surface area contributed by atoms with E-state index in [1.54, 1.807) is 28.4 Å². The molecule has 0 fully saturated rings. The van der Waals surface area contributed by atoms with Crippen LogP contribution < -0.4 is 0 Å². The summed E-state index contributed by atoms with van der Waals surface area (Å²) in [5.74, 6) is 0.194. The molecule has 0 saturated carbocycles. The monoisotopic (exact) mass is 350 g/mol. The summed E-state index contributed by atoms with van der Waals surface area (Å²) < 4.78 is 23.0. The molecule has 0 rings (SSSR count). The van der Waals surface area contributed by atoms with E-state index in [2.05, 4.69) is 0 Å². The molecule has 0 aliphatic carbocycles. The number of hydrogen-bond donors (Lipinski definition) is 0. The van der Waals surface area contributed by atoms with E-state index in [1.165, 1.54) is 0 Å². The Kier molecular flexibility index (Phi) is 9.92. The Balaban J connectivity index is 5.73. The molecule has 0 radical (unpaired) electrons. The molecule has 22 heavy (non-hydrogen) atoms. The maximum absolute atomic E-state index is 13.3. The SMILES string of the molecule is CCC(C(=O)C(CC)[Si](CC)(OC)OC)[Si](CC)(OC)OC. The maximum atomic E-state index is 13.3. The van der Waals surface area contributed by atoms with Gasteiger partial charge in [-0.15, -0.1) is 0 Å². The third-order valence-electron chi connectivity index (χ3n) is 4.93. The van der Waals surface area contributed by atoms with Crippen molar-refractivity contribution < 1.29 is 22.5 Å². The van der Waals surface area contributed by atoms with E-state index < -0.39 is 17.1 Å². The molecule has 0 amide bonds. The highest BCUT2D eigenvalue weighted by molar-refractivity contribution is 6.77. The van der Waals surface area contributed by atoms with Gasteiger partial charge in [0.05, 0.1) is 11.1 Å². The molecule has 5 nitrogen and oxygen atoms in total. The van der Waals surface area contributed by atoms with E-state index in [-0.39, 0.29) is 16.9 Å². The molecule has 0 aromatic carbocycles. The lowest BCUT2D eigenvalue weighted by atomic mass is 10.1. The van der Waals surface area contributed by atoms with Gasteiger partial charge in [-0.2, -0.15) is 0 Å².